The lowest BCUT2D eigenvalue weighted by Gasteiger charge is -2.06. The zero-order valence-corrected chi connectivity index (χ0v) is 9.06. The van der Waals surface area contributed by atoms with Crippen molar-refractivity contribution in [3.63, 3.8) is 0 Å². The van der Waals surface area contributed by atoms with Crippen molar-refractivity contribution in [1.82, 2.24) is 14.9 Å². The Hall–Kier alpha value is -0.910. The Morgan fingerprint density at radius 3 is 3.07 bits per heavy atom. The molecule has 0 aromatic carbocycles. The first-order valence-corrected chi connectivity index (χ1v) is 5.26. The molecule has 3 N–H and O–H groups in total. The summed E-state index contributed by atoms with van der Waals surface area (Å²) >= 11 is 0. The van der Waals surface area contributed by atoms with E-state index < -0.39 is 6.10 Å². The van der Waals surface area contributed by atoms with Gasteiger partial charge in [-0.25, -0.2) is 4.98 Å². The van der Waals surface area contributed by atoms with Crippen LogP contribution in [-0.2, 0) is 13.0 Å². The molecule has 0 fully saturated rings. The minimum Gasteiger partial charge on any atom is -0.394 e. The van der Waals surface area contributed by atoms with Gasteiger partial charge in [0.2, 0.25) is 0 Å². The number of rotatable bonds is 7. The first-order valence-electron chi connectivity index (χ1n) is 5.26. The standard InChI is InChI=1S/C10H19N3O2/c1-2-11-4-3-9-5-13(8-12-9)6-10(15)7-14/h5,8,10-11,14-15H,2-4,6-7H2,1H3. The van der Waals surface area contributed by atoms with Gasteiger partial charge in [-0.15, -0.1) is 0 Å². The van der Waals surface area contributed by atoms with Gasteiger partial charge in [0.1, 0.15) is 0 Å². The number of imidazole rings is 1. The molecule has 1 unspecified atom stereocenters. The molecule has 0 amide bonds. The van der Waals surface area contributed by atoms with Crippen LogP contribution in [0.1, 0.15) is 12.6 Å². The molecule has 0 spiro atoms. The third-order valence-electron chi connectivity index (χ3n) is 2.13. The van der Waals surface area contributed by atoms with Crippen molar-refractivity contribution in [2.24, 2.45) is 0 Å². The number of nitrogens with zero attached hydrogens (tertiary/aromatic N) is 2. The first kappa shape index (κ1) is 12.2. The minimum atomic E-state index is -0.708. The molecule has 0 saturated heterocycles. The average molecular weight is 213 g/mol. The molecule has 1 aromatic heterocycles. The fourth-order valence-electron chi connectivity index (χ4n) is 1.33. The molecule has 0 aliphatic heterocycles. The van der Waals surface area contributed by atoms with E-state index in [4.69, 9.17) is 5.11 Å². The van der Waals surface area contributed by atoms with Gasteiger partial charge in [-0.05, 0) is 6.54 Å². The van der Waals surface area contributed by atoms with E-state index in [9.17, 15) is 5.11 Å². The molecule has 15 heavy (non-hydrogen) atoms. The van der Waals surface area contributed by atoms with E-state index in [-0.39, 0.29) is 6.61 Å². The van der Waals surface area contributed by atoms with Crippen LogP contribution < -0.4 is 5.32 Å². The lowest BCUT2D eigenvalue weighted by molar-refractivity contribution is 0.0812. The lowest BCUT2D eigenvalue weighted by Crippen LogP contribution is -2.19. The molecule has 0 radical (unpaired) electrons. The Morgan fingerprint density at radius 2 is 2.40 bits per heavy atom. The van der Waals surface area contributed by atoms with Crippen LogP contribution in [0, 0.1) is 0 Å². The highest BCUT2D eigenvalue weighted by Crippen LogP contribution is 1.98. The molecule has 86 valence electrons. The predicted molar refractivity (Wildman–Crippen MR) is 57.6 cm³/mol. The number of hydrogen-bond acceptors (Lipinski definition) is 4. The van der Waals surface area contributed by atoms with E-state index >= 15 is 0 Å². The summed E-state index contributed by atoms with van der Waals surface area (Å²) in [6.07, 6.45) is 3.76. The summed E-state index contributed by atoms with van der Waals surface area (Å²) in [6.45, 7) is 4.12. The summed E-state index contributed by atoms with van der Waals surface area (Å²) in [6, 6.07) is 0. The largest absolute Gasteiger partial charge is 0.394 e. The minimum absolute atomic E-state index is 0.217. The smallest absolute Gasteiger partial charge is 0.0950 e. The number of aliphatic hydroxyl groups is 2. The maximum absolute atomic E-state index is 9.22. The molecule has 0 bridgehead atoms. The van der Waals surface area contributed by atoms with Crippen molar-refractivity contribution in [2.45, 2.75) is 26.0 Å². The van der Waals surface area contributed by atoms with E-state index in [1.807, 2.05) is 6.20 Å². The van der Waals surface area contributed by atoms with Gasteiger partial charge in [-0.2, -0.15) is 0 Å². The van der Waals surface area contributed by atoms with E-state index in [1.54, 1.807) is 10.9 Å². The summed E-state index contributed by atoms with van der Waals surface area (Å²) < 4.78 is 1.79. The molecule has 0 aliphatic rings. The Kier molecular flexibility index (Phi) is 5.31. The summed E-state index contributed by atoms with van der Waals surface area (Å²) in [4.78, 5) is 4.21. The average Bonchev–Trinajstić information content (AvgIpc) is 2.66. The highest BCUT2D eigenvalue weighted by Gasteiger charge is 2.04. The zero-order chi connectivity index (χ0) is 11.1. The van der Waals surface area contributed by atoms with Crippen molar-refractivity contribution in [1.29, 1.82) is 0 Å². The zero-order valence-electron chi connectivity index (χ0n) is 9.06. The molecule has 5 nitrogen and oxygen atoms in total. The fourth-order valence-corrected chi connectivity index (χ4v) is 1.33. The van der Waals surface area contributed by atoms with Crippen LogP contribution in [0.2, 0.25) is 0 Å². The maximum Gasteiger partial charge on any atom is 0.0950 e. The monoisotopic (exact) mass is 213 g/mol. The van der Waals surface area contributed by atoms with Crippen LogP contribution in [0.4, 0.5) is 0 Å². The van der Waals surface area contributed by atoms with Crippen molar-refractivity contribution >= 4 is 0 Å². The third kappa shape index (κ3) is 4.42. The van der Waals surface area contributed by atoms with Crippen LogP contribution in [0.15, 0.2) is 12.5 Å². The fraction of sp³-hybridized carbons (Fsp3) is 0.700. The lowest BCUT2D eigenvalue weighted by atomic mass is 10.3. The number of aliphatic hydroxyl groups excluding tert-OH is 2. The number of hydrogen-bond donors (Lipinski definition) is 3. The molecule has 5 heteroatoms. The number of aromatic nitrogens is 2. The Labute approximate surface area is 89.8 Å². The van der Waals surface area contributed by atoms with Gasteiger partial charge >= 0.3 is 0 Å². The second-order valence-electron chi connectivity index (χ2n) is 3.50. The molecule has 1 aromatic rings. The Bertz CT molecular complexity index is 275. The Morgan fingerprint density at radius 1 is 1.60 bits per heavy atom. The van der Waals surface area contributed by atoms with Gasteiger partial charge in [0.05, 0.1) is 31.3 Å². The number of likely N-dealkylation sites (N-methyl/N-ethyl adjacent to an activating group) is 1. The Balaban J connectivity index is 2.35. The van der Waals surface area contributed by atoms with Crippen LogP contribution in [0.3, 0.4) is 0 Å². The summed E-state index contributed by atoms with van der Waals surface area (Å²) in [7, 11) is 0. The molecule has 1 heterocycles. The van der Waals surface area contributed by atoms with E-state index in [2.05, 4.69) is 17.2 Å². The molecule has 0 aliphatic carbocycles. The summed E-state index contributed by atoms with van der Waals surface area (Å²) in [5, 5.41) is 21.1. The van der Waals surface area contributed by atoms with Gasteiger partial charge < -0.3 is 20.1 Å². The first-order chi connectivity index (χ1) is 7.26. The highest BCUT2D eigenvalue weighted by molar-refractivity contribution is 4.97. The van der Waals surface area contributed by atoms with E-state index in [1.165, 1.54) is 0 Å². The van der Waals surface area contributed by atoms with Crippen LogP contribution in [-0.4, -0.2) is 45.6 Å². The van der Waals surface area contributed by atoms with Crippen LogP contribution >= 0.6 is 0 Å². The van der Waals surface area contributed by atoms with Crippen molar-refractivity contribution < 1.29 is 10.2 Å². The maximum atomic E-state index is 9.22. The van der Waals surface area contributed by atoms with Crippen LogP contribution in [0.25, 0.3) is 0 Å². The van der Waals surface area contributed by atoms with Gasteiger partial charge in [0.25, 0.3) is 0 Å². The molecular formula is C10H19N3O2. The van der Waals surface area contributed by atoms with Crippen molar-refractivity contribution in [2.75, 3.05) is 19.7 Å². The van der Waals surface area contributed by atoms with E-state index in [0.29, 0.717) is 6.54 Å². The second kappa shape index (κ2) is 6.55. The van der Waals surface area contributed by atoms with Gasteiger partial charge in [0, 0.05) is 19.2 Å². The highest BCUT2D eigenvalue weighted by atomic mass is 16.3. The normalized spacial score (nSPS) is 13.0. The van der Waals surface area contributed by atoms with E-state index in [0.717, 1.165) is 25.2 Å². The second-order valence-corrected chi connectivity index (χ2v) is 3.50. The summed E-state index contributed by atoms with van der Waals surface area (Å²) in [5.74, 6) is 0. The van der Waals surface area contributed by atoms with Gasteiger partial charge in [0.15, 0.2) is 0 Å². The van der Waals surface area contributed by atoms with Crippen molar-refractivity contribution in [3.05, 3.63) is 18.2 Å². The third-order valence-corrected chi connectivity index (χ3v) is 2.13. The quantitative estimate of drug-likeness (QED) is 0.528. The molecule has 1 atom stereocenters. The molecular weight excluding hydrogens is 194 g/mol. The molecule has 0 saturated carbocycles. The SMILES string of the molecule is CCNCCc1cn(CC(O)CO)cn1. The summed E-state index contributed by atoms with van der Waals surface area (Å²) in [5.41, 5.74) is 1.00. The molecule has 1 rings (SSSR count). The van der Waals surface area contributed by atoms with Crippen molar-refractivity contribution in [3.8, 4) is 0 Å². The van der Waals surface area contributed by atoms with Gasteiger partial charge in [-0.1, -0.05) is 6.92 Å². The predicted octanol–water partition coefficient (Wildman–Crippen LogP) is -0.612. The van der Waals surface area contributed by atoms with Gasteiger partial charge in [-0.3, -0.25) is 0 Å². The topological polar surface area (TPSA) is 70.3 Å². The number of nitrogens with one attached hydrogen (secondary N) is 1. The van der Waals surface area contributed by atoms with Crippen LogP contribution in [0.5, 0.6) is 0 Å².